The fourth-order valence-electron chi connectivity index (χ4n) is 2.39. The summed E-state index contributed by atoms with van der Waals surface area (Å²) >= 11 is 0. The Morgan fingerprint density at radius 2 is 2.23 bits per heavy atom. The van der Waals surface area contributed by atoms with Gasteiger partial charge in [0.15, 0.2) is 17.2 Å². The van der Waals surface area contributed by atoms with Crippen LogP contribution in [0.1, 0.15) is 31.2 Å². The monoisotopic (exact) mass is 299 g/mol. The Balaban J connectivity index is 1.46. The fraction of sp³-hybridized carbons (Fsp3) is 0.438. The average Bonchev–Trinajstić information content (AvgIpc) is 3.14. The van der Waals surface area contributed by atoms with Crippen molar-refractivity contribution in [2.75, 3.05) is 6.79 Å². The Bertz CT molecular complexity index is 643. The van der Waals surface area contributed by atoms with E-state index in [1.807, 2.05) is 18.2 Å². The molecule has 6 heteroatoms. The van der Waals surface area contributed by atoms with Crippen molar-refractivity contribution in [2.45, 2.75) is 37.9 Å². The van der Waals surface area contributed by atoms with Gasteiger partial charge in [-0.05, 0) is 6.07 Å². The van der Waals surface area contributed by atoms with Crippen LogP contribution in [0.4, 0.5) is 0 Å². The lowest BCUT2D eigenvalue weighted by atomic mass is 10.0. The Morgan fingerprint density at radius 3 is 3.00 bits per heavy atom. The van der Waals surface area contributed by atoms with E-state index in [1.165, 1.54) is 0 Å². The number of nitrogens with one attached hydrogen (secondary N) is 1. The first kappa shape index (κ1) is 14.4. The van der Waals surface area contributed by atoms with Gasteiger partial charge in [-0.2, -0.15) is 10.2 Å². The molecule has 114 valence electrons. The lowest BCUT2D eigenvalue weighted by Gasteiger charge is -2.10. The van der Waals surface area contributed by atoms with Gasteiger partial charge in [-0.25, -0.2) is 0 Å². The molecular weight excluding hydrogens is 282 g/mol. The number of amides is 1. The summed E-state index contributed by atoms with van der Waals surface area (Å²) in [4.78, 5) is 12.0. The van der Waals surface area contributed by atoms with E-state index in [9.17, 15) is 4.79 Å². The molecule has 3 rings (SSSR count). The molecule has 0 aromatic heterocycles. The largest absolute Gasteiger partial charge is 0.454 e. The Hall–Kier alpha value is -2.55. The van der Waals surface area contributed by atoms with E-state index in [4.69, 9.17) is 15.9 Å². The minimum Gasteiger partial charge on any atom is -0.454 e. The van der Waals surface area contributed by atoms with Crippen molar-refractivity contribution in [3.8, 4) is 23.8 Å². The Morgan fingerprint density at radius 1 is 1.36 bits per heavy atom. The first-order chi connectivity index (χ1) is 10.7. The maximum atomic E-state index is 12.0. The van der Waals surface area contributed by atoms with Gasteiger partial charge in [-0.3, -0.25) is 4.79 Å². The zero-order valence-corrected chi connectivity index (χ0v) is 12.2. The van der Waals surface area contributed by atoms with Gasteiger partial charge in [0.2, 0.25) is 12.7 Å². The first-order valence-corrected chi connectivity index (χ1v) is 7.24. The zero-order chi connectivity index (χ0) is 15.4. The summed E-state index contributed by atoms with van der Waals surface area (Å²) in [6, 6.07) is 5.64. The third kappa shape index (κ3) is 3.19. The van der Waals surface area contributed by atoms with Gasteiger partial charge in [0.25, 0.3) is 0 Å². The van der Waals surface area contributed by atoms with Gasteiger partial charge in [-0.1, -0.05) is 12.1 Å². The quantitative estimate of drug-likeness (QED) is 0.786. The van der Waals surface area contributed by atoms with E-state index >= 15 is 0 Å². The van der Waals surface area contributed by atoms with Crippen molar-refractivity contribution in [2.24, 2.45) is 10.2 Å². The topological polar surface area (TPSA) is 72.3 Å². The molecule has 0 aliphatic carbocycles. The summed E-state index contributed by atoms with van der Waals surface area (Å²) in [5, 5.41) is 10.9. The lowest BCUT2D eigenvalue weighted by Crippen LogP contribution is -2.25. The van der Waals surface area contributed by atoms with Crippen LogP contribution in [-0.4, -0.2) is 18.4 Å². The van der Waals surface area contributed by atoms with Crippen LogP contribution in [0, 0.1) is 12.3 Å². The molecule has 0 saturated heterocycles. The van der Waals surface area contributed by atoms with Crippen molar-refractivity contribution < 1.29 is 14.3 Å². The van der Waals surface area contributed by atoms with E-state index in [1.54, 1.807) is 0 Å². The summed E-state index contributed by atoms with van der Waals surface area (Å²) in [6.45, 7) is 0.637. The number of para-hydroxylation sites is 1. The predicted molar refractivity (Wildman–Crippen MR) is 79.3 cm³/mol. The highest BCUT2D eigenvalue weighted by Crippen LogP contribution is 2.37. The predicted octanol–water partition coefficient (Wildman–Crippen LogP) is 2.39. The molecule has 1 amide bonds. The molecule has 1 aromatic carbocycles. The van der Waals surface area contributed by atoms with Crippen LogP contribution in [0.25, 0.3) is 0 Å². The second-order valence-corrected chi connectivity index (χ2v) is 5.31. The van der Waals surface area contributed by atoms with Crippen molar-refractivity contribution >= 4 is 5.91 Å². The first-order valence-electron chi connectivity index (χ1n) is 7.24. The third-order valence-electron chi connectivity index (χ3n) is 3.76. The number of ether oxygens (including phenoxy) is 2. The molecule has 22 heavy (non-hydrogen) atoms. The molecule has 2 aliphatic rings. The molecule has 0 fully saturated rings. The van der Waals surface area contributed by atoms with Crippen LogP contribution >= 0.6 is 0 Å². The molecule has 0 bridgehead atoms. The highest BCUT2D eigenvalue weighted by atomic mass is 16.7. The Labute approximate surface area is 128 Å². The van der Waals surface area contributed by atoms with Gasteiger partial charge in [0.1, 0.15) is 0 Å². The maximum absolute atomic E-state index is 12.0. The second-order valence-electron chi connectivity index (χ2n) is 5.31. The normalized spacial score (nSPS) is 16.1. The number of carbonyl (C=O) groups excluding carboxylic acids is 1. The maximum Gasteiger partial charge on any atom is 0.231 e. The number of hydrogen-bond acceptors (Lipinski definition) is 5. The number of nitrogens with zero attached hydrogens (tertiary/aromatic N) is 2. The molecular formula is C16H17N3O3. The summed E-state index contributed by atoms with van der Waals surface area (Å²) < 4.78 is 10.7. The molecule has 0 saturated carbocycles. The number of terminal acetylenes is 1. The van der Waals surface area contributed by atoms with Gasteiger partial charge < -0.3 is 14.8 Å². The van der Waals surface area contributed by atoms with E-state index < -0.39 is 5.66 Å². The molecule has 0 spiro atoms. The summed E-state index contributed by atoms with van der Waals surface area (Å²) in [5.74, 6) is 3.97. The number of fused-ring (bicyclic) bond motifs is 1. The van der Waals surface area contributed by atoms with Crippen LogP contribution in [0.3, 0.4) is 0 Å². The number of rotatable bonds is 7. The van der Waals surface area contributed by atoms with E-state index in [0.717, 1.165) is 11.3 Å². The molecule has 1 N–H and O–H groups in total. The van der Waals surface area contributed by atoms with Gasteiger partial charge in [0, 0.05) is 37.8 Å². The minimum absolute atomic E-state index is 0.0334. The SMILES string of the molecule is C#CCCC1(CCC(=O)NCc2cccc3c2OCO3)N=N1. The highest BCUT2D eigenvalue weighted by Gasteiger charge is 2.39. The van der Waals surface area contributed by atoms with E-state index in [-0.39, 0.29) is 12.7 Å². The smallest absolute Gasteiger partial charge is 0.231 e. The molecule has 6 nitrogen and oxygen atoms in total. The van der Waals surface area contributed by atoms with Crippen LogP contribution in [0.5, 0.6) is 11.5 Å². The van der Waals surface area contributed by atoms with Gasteiger partial charge >= 0.3 is 0 Å². The molecule has 0 atom stereocenters. The molecule has 2 heterocycles. The lowest BCUT2D eigenvalue weighted by molar-refractivity contribution is -0.121. The molecule has 0 unspecified atom stereocenters. The zero-order valence-electron chi connectivity index (χ0n) is 12.2. The third-order valence-corrected chi connectivity index (χ3v) is 3.76. The summed E-state index contributed by atoms with van der Waals surface area (Å²) in [7, 11) is 0. The number of hydrogen-bond donors (Lipinski definition) is 1. The molecule has 0 radical (unpaired) electrons. The second kappa shape index (κ2) is 6.06. The van der Waals surface area contributed by atoms with Crippen LogP contribution in [0.2, 0.25) is 0 Å². The molecule has 1 aromatic rings. The number of benzene rings is 1. The van der Waals surface area contributed by atoms with Gasteiger partial charge in [-0.15, -0.1) is 12.3 Å². The standard InChI is InChI=1S/C16H17N3O3/c1-2-3-8-16(18-19-16)9-7-14(20)17-10-12-5-4-6-13-15(12)22-11-21-13/h1,4-6H,3,7-11H2,(H,17,20). The summed E-state index contributed by atoms with van der Waals surface area (Å²) in [5.41, 5.74) is 0.500. The van der Waals surface area contributed by atoms with Crippen molar-refractivity contribution in [1.29, 1.82) is 0 Å². The van der Waals surface area contributed by atoms with Gasteiger partial charge in [0.05, 0.1) is 0 Å². The highest BCUT2D eigenvalue weighted by molar-refractivity contribution is 5.76. The fourth-order valence-corrected chi connectivity index (χ4v) is 2.39. The van der Waals surface area contributed by atoms with E-state index in [0.29, 0.717) is 38.0 Å². The van der Waals surface area contributed by atoms with Crippen LogP contribution < -0.4 is 14.8 Å². The van der Waals surface area contributed by atoms with E-state index in [2.05, 4.69) is 21.5 Å². The van der Waals surface area contributed by atoms with Crippen LogP contribution in [0.15, 0.2) is 28.4 Å². The van der Waals surface area contributed by atoms with Crippen molar-refractivity contribution in [3.63, 3.8) is 0 Å². The molecule has 2 aliphatic heterocycles. The number of carbonyl (C=O) groups is 1. The van der Waals surface area contributed by atoms with Crippen molar-refractivity contribution in [1.82, 2.24) is 5.32 Å². The summed E-state index contributed by atoms with van der Waals surface area (Å²) in [6.07, 6.45) is 7.57. The Kier molecular flexibility index (Phi) is 3.96. The average molecular weight is 299 g/mol. The minimum atomic E-state index is -0.408. The van der Waals surface area contributed by atoms with Crippen molar-refractivity contribution in [3.05, 3.63) is 23.8 Å². The van der Waals surface area contributed by atoms with Crippen LogP contribution in [-0.2, 0) is 11.3 Å².